The minimum atomic E-state index is -3.17. The maximum absolute atomic E-state index is 11.4. The quantitative estimate of drug-likeness (QED) is 0.862. The fourth-order valence-electron chi connectivity index (χ4n) is 3.05. The van der Waals surface area contributed by atoms with Crippen LogP contribution < -0.4 is 4.72 Å². The summed E-state index contributed by atoms with van der Waals surface area (Å²) in [6, 6.07) is 3.82. The van der Waals surface area contributed by atoms with Crippen molar-refractivity contribution >= 4 is 10.0 Å². The third-order valence-electron chi connectivity index (χ3n) is 3.98. The van der Waals surface area contributed by atoms with E-state index in [0.29, 0.717) is 13.1 Å². The third kappa shape index (κ3) is 4.21. The Kier molecular flexibility index (Phi) is 4.56. The molecule has 1 fully saturated rings. The fraction of sp³-hybridized carbons (Fsp3) is 0.533. The summed E-state index contributed by atoms with van der Waals surface area (Å²) in [6.45, 7) is 4.28. The molecule has 7 nitrogen and oxygen atoms in total. The van der Waals surface area contributed by atoms with Crippen LogP contribution in [0.2, 0.25) is 0 Å². The lowest BCUT2D eigenvalue weighted by Gasteiger charge is -2.32. The molecule has 0 amide bonds. The number of aromatic nitrogens is 2. The first-order valence-corrected chi connectivity index (χ1v) is 9.58. The van der Waals surface area contributed by atoms with Crippen LogP contribution in [0.1, 0.15) is 24.2 Å². The van der Waals surface area contributed by atoms with Crippen LogP contribution >= 0.6 is 0 Å². The molecule has 0 radical (unpaired) electrons. The zero-order chi connectivity index (χ0) is 16.4. The van der Waals surface area contributed by atoms with Crippen molar-refractivity contribution in [1.82, 2.24) is 19.8 Å². The molecule has 8 heteroatoms. The highest BCUT2D eigenvalue weighted by atomic mass is 32.2. The van der Waals surface area contributed by atoms with E-state index in [0.717, 1.165) is 42.2 Å². The smallest absolute Gasteiger partial charge is 0.208 e. The monoisotopic (exact) mass is 338 g/mol. The van der Waals surface area contributed by atoms with Gasteiger partial charge in [-0.3, -0.25) is 10.00 Å². The highest BCUT2D eigenvalue weighted by Gasteiger charge is 2.23. The number of aromatic amines is 1. The summed E-state index contributed by atoms with van der Waals surface area (Å²) in [5.41, 5.74) is 1.94. The van der Waals surface area contributed by atoms with E-state index in [1.807, 2.05) is 19.1 Å². The summed E-state index contributed by atoms with van der Waals surface area (Å²) in [5.74, 6) is 1.63. The lowest BCUT2D eigenvalue weighted by atomic mass is 10.1. The number of hydrogen-bond acceptors (Lipinski definition) is 5. The van der Waals surface area contributed by atoms with E-state index in [4.69, 9.17) is 4.42 Å². The van der Waals surface area contributed by atoms with E-state index in [-0.39, 0.29) is 6.04 Å². The van der Waals surface area contributed by atoms with Gasteiger partial charge in [0.1, 0.15) is 11.5 Å². The molecule has 2 N–H and O–H groups in total. The normalized spacial score (nSPS) is 20.0. The van der Waals surface area contributed by atoms with Crippen LogP contribution in [-0.2, 0) is 16.6 Å². The van der Waals surface area contributed by atoms with Gasteiger partial charge in [0, 0.05) is 24.7 Å². The van der Waals surface area contributed by atoms with Gasteiger partial charge in [0.15, 0.2) is 5.76 Å². The van der Waals surface area contributed by atoms with Crippen LogP contribution in [0.5, 0.6) is 0 Å². The number of furan rings is 1. The maximum atomic E-state index is 11.4. The molecule has 0 saturated carbocycles. The Labute approximate surface area is 136 Å². The molecular weight excluding hydrogens is 316 g/mol. The second kappa shape index (κ2) is 6.46. The summed E-state index contributed by atoms with van der Waals surface area (Å²) in [7, 11) is -3.17. The molecule has 1 saturated heterocycles. The number of likely N-dealkylation sites (tertiary alicyclic amines) is 1. The summed E-state index contributed by atoms with van der Waals surface area (Å²) >= 11 is 0. The van der Waals surface area contributed by atoms with Crippen molar-refractivity contribution < 1.29 is 12.8 Å². The van der Waals surface area contributed by atoms with Crippen LogP contribution in [-0.4, -0.2) is 48.9 Å². The fourth-order valence-corrected chi connectivity index (χ4v) is 3.85. The van der Waals surface area contributed by atoms with Gasteiger partial charge in [-0.05, 0) is 38.4 Å². The minimum absolute atomic E-state index is 0.0278. The molecule has 0 bridgehead atoms. The van der Waals surface area contributed by atoms with E-state index in [1.54, 1.807) is 6.20 Å². The zero-order valence-corrected chi connectivity index (χ0v) is 14.2. The number of rotatable bonds is 5. The second-order valence-electron chi connectivity index (χ2n) is 6.14. The number of nitrogens with zero attached hydrogens (tertiary/aromatic N) is 2. The number of nitrogens with one attached hydrogen (secondary N) is 2. The molecule has 1 aliphatic heterocycles. The van der Waals surface area contributed by atoms with Gasteiger partial charge in [0.05, 0.1) is 12.5 Å². The van der Waals surface area contributed by atoms with Gasteiger partial charge >= 0.3 is 0 Å². The molecule has 3 heterocycles. The summed E-state index contributed by atoms with van der Waals surface area (Å²) in [4.78, 5) is 2.25. The summed E-state index contributed by atoms with van der Waals surface area (Å²) < 4.78 is 31.2. The van der Waals surface area contributed by atoms with Crippen molar-refractivity contribution in [3.63, 3.8) is 0 Å². The first-order valence-electron chi connectivity index (χ1n) is 7.69. The van der Waals surface area contributed by atoms with E-state index in [1.165, 1.54) is 6.26 Å². The highest BCUT2D eigenvalue weighted by molar-refractivity contribution is 7.88. The molecular formula is C15H22N4O3S. The third-order valence-corrected chi connectivity index (χ3v) is 4.75. The molecule has 1 aliphatic rings. The largest absolute Gasteiger partial charge is 0.460 e. The highest BCUT2D eigenvalue weighted by Crippen LogP contribution is 2.25. The first-order chi connectivity index (χ1) is 10.9. The van der Waals surface area contributed by atoms with E-state index >= 15 is 0 Å². The van der Waals surface area contributed by atoms with Crippen molar-refractivity contribution in [2.75, 3.05) is 19.3 Å². The molecule has 2 aromatic heterocycles. The maximum Gasteiger partial charge on any atom is 0.208 e. The molecule has 1 atom stereocenters. The average molecular weight is 338 g/mol. The first kappa shape index (κ1) is 16.2. The Morgan fingerprint density at radius 2 is 2.30 bits per heavy atom. The number of aryl methyl sites for hydroxylation is 1. The Bertz CT molecular complexity index is 765. The van der Waals surface area contributed by atoms with Gasteiger partial charge in [-0.1, -0.05) is 0 Å². The molecule has 0 spiro atoms. The van der Waals surface area contributed by atoms with Gasteiger partial charge in [-0.2, -0.15) is 5.10 Å². The predicted octanol–water partition coefficient (Wildman–Crippen LogP) is 1.49. The van der Waals surface area contributed by atoms with Gasteiger partial charge in [-0.15, -0.1) is 0 Å². The Morgan fingerprint density at radius 1 is 1.48 bits per heavy atom. The molecule has 0 aliphatic carbocycles. The van der Waals surface area contributed by atoms with E-state index in [9.17, 15) is 8.42 Å². The molecule has 1 unspecified atom stereocenters. The van der Waals surface area contributed by atoms with E-state index in [2.05, 4.69) is 19.8 Å². The van der Waals surface area contributed by atoms with Crippen LogP contribution in [0, 0.1) is 6.92 Å². The summed E-state index contributed by atoms with van der Waals surface area (Å²) in [5, 5.41) is 7.12. The van der Waals surface area contributed by atoms with Crippen LogP contribution in [0.3, 0.4) is 0 Å². The number of sulfonamides is 1. The number of H-pyrrole nitrogens is 1. The summed E-state index contributed by atoms with van der Waals surface area (Å²) in [6.07, 6.45) is 4.86. The van der Waals surface area contributed by atoms with E-state index < -0.39 is 10.0 Å². The van der Waals surface area contributed by atoms with Crippen molar-refractivity contribution in [2.45, 2.75) is 32.4 Å². The zero-order valence-electron chi connectivity index (χ0n) is 13.4. The van der Waals surface area contributed by atoms with Crippen LogP contribution in [0.4, 0.5) is 0 Å². The standard InChI is InChI=1S/C15H22N4O3S/c1-11-5-6-14(22-11)15-12(8-16-17-15)9-19-7-3-4-13(10-19)18-23(2,20)21/h5-6,8,13,18H,3-4,7,9-10H2,1-2H3,(H,16,17). The van der Waals surface area contributed by atoms with Crippen molar-refractivity contribution in [1.29, 1.82) is 0 Å². The SMILES string of the molecule is Cc1ccc(-c2[nH]ncc2CN2CCCC(NS(C)(=O)=O)C2)o1. The Balaban J connectivity index is 1.69. The minimum Gasteiger partial charge on any atom is -0.460 e. The molecule has 126 valence electrons. The molecule has 3 rings (SSSR count). The predicted molar refractivity (Wildman–Crippen MR) is 87.3 cm³/mol. The van der Waals surface area contributed by atoms with Gasteiger partial charge < -0.3 is 4.42 Å². The van der Waals surface area contributed by atoms with Crippen molar-refractivity contribution in [3.8, 4) is 11.5 Å². The molecule has 2 aromatic rings. The topological polar surface area (TPSA) is 91.2 Å². The van der Waals surface area contributed by atoms with Crippen LogP contribution in [0.15, 0.2) is 22.7 Å². The molecule has 23 heavy (non-hydrogen) atoms. The lowest BCUT2D eigenvalue weighted by molar-refractivity contribution is 0.195. The number of hydrogen-bond donors (Lipinski definition) is 2. The molecule has 0 aromatic carbocycles. The second-order valence-corrected chi connectivity index (χ2v) is 7.92. The van der Waals surface area contributed by atoms with Crippen molar-refractivity contribution in [2.24, 2.45) is 0 Å². The Hall–Kier alpha value is -1.64. The Morgan fingerprint density at radius 3 is 3.00 bits per heavy atom. The average Bonchev–Trinajstić information content (AvgIpc) is 3.06. The van der Waals surface area contributed by atoms with Gasteiger partial charge in [-0.25, -0.2) is 13.1 Å². The number of piperidine rings is 1. The van der Waals surface area contributed by atoms with Crippen molar-refractivity contribution in [3.05, 3.63) is 29.7 Å². The van der Waals surface area contributed by atoms with Gasteiger partial charge in [0.25, 0.3) is 0 Å². The lowest BCUT2D eigenvalue weighted by Crippen LogP contribution is -2.46. The van der Waals surface area contributed by atoms with Gasteiger partial charge in [0.2, 0.25) is 10.0 Å². The van der Waals surface area contributed by atoms with Crippen LogP contribution in [0.25, 0.3) is 11.5 Å².